The number of ether oxygens (including phenoxy) is 2. The van der Waals surface area contributed by atoms with Crippen molar-refractivity contribution in [3.63, 3.8) is 0 Å². The van der Waals surface area contributed by atoms with Gasteiger partial charge in [0, 0.05) is 32.2 Å². The van der Waals surface area contributed by atoms with Crippen LogP contribution in [0.4, 0.5) is 0 Å². The molecular formula is C23H30N2O2. The number of rotatable bonds is 6. The Hall–Kier alpha value is -2.04. The molecule has 5 rings (SSSR count). The van der Waals surface area contributed by atoms with Gasteiger partial charge < -0.3 is 14.4 Å². The fourth-order valence-corrected chi connectivity index (χ4v) is 4.47. The van der Waals surface area contributed by atoms with Crippen LogP contribution in [0.2, 0.25) is 0 Å². The van der Waals surface area contributed by atoms with E-state index >= 15 is 0 Å². The van der Waals surface area contributed by atoms with Gasteiger partial charge >= 0.3 is 0 Å². The lowest BCUT2D eigenvalue weighted by molar-refractivity contribution is 0.165. The van der Waals surface area contributed by atoms with Gasteiger partial charge in [-0.25, -0.2) is 0 Å². The molecule has 0 radical (unpaired) electrons. The van der Waals surface area contributed by atoms with Crippen molar-refractivity contribution in [2.45, 2.75) is 32.0 Å². The van der Waals surface area contributed by atoms with Crippen LogP contribution in [-0.4, -0.2) is 49.6 Å². The minimum Gasteiger partial charge on any atom is -0.493 e. The van der Waals surface area contributed by atoms with Gasteiger partial charge in [0.2, 0.25) is 0 Å². The Morgan fingerprint density at radius 2 is 1.78 bits per heavy atom. The SMILES string of the molecule is COc1ccc(CN2C[C@@H]3CC[C@H](C2)N(C)C3)cc1OCc1ccccc1. The highest BCUT2D eigenvalue weighted by Gasteiger charge is 2.32. The fourth-order valence-electron chi connectivity index (χ4n) is 4.47. The molecule has 0 amide bonds. The van der Waals surface area contributed by atoms with Crippen LogP contribution in [0.5, 0.6) is 11.5 Å². The van der Waals surface area contributed by atoms with E-state index in [0.717, 1.165) is 29.5 Å². The predicted molar refractivity (Wildman–Crippen MR) is 108 cm³/mol. The minimum absolute atomic E-state index is 0.555. The summed E-state index contributed by atoms with van der Waals surface area (Å²) in [6.45, 7) is 5.15. The molecule has 4 heteroatoms. The van der Waals surface area contributed by atoms with Crippen LogP contribution >= 0.6 is 0 Å². The summed E-state index contributed by atoms with van der Waals surface area (Å²) >= 11 is 0. The topological polar surface area (TPSA) is 24.9 Å². The van der Waals surface area contributed by atoms with Crippen molar-refractivity contribution in [1.82, 2.24) is 9.80 Å². The van der Waals surface area contributed by atoms with E-state index in [1.807, 2.05) is 24.3 Å². The van der Waals surface area contributed by atoms with Crippen LogP contribution < -0.4 is 9.47 Å². The Labute approximate surface area is 162 Å². The van der Waals surface area contributed by atoms with Crippen molar-refractivity contribution in [2.75, 3.05) is 33.8 Å². The minimum atomic E-state index is 0.555. The molecule has 0 unspecified atom stereocenters. The van der Waals surface area contributed by atoms with Gasteiger partial charge in [-0.2, -0.15) is 0 Å². The molecule has 3 saturated heterocycles. The highest BCUT2D eigenvalue weighted by molar-refractivity contribution is 5.43. The van der Waals surface area contributed by atoms with E-state index in [4.69, 9.17) is 9.47 Å². The molecule has 2 aromatic carbocycles. The van der Waals surface area contributed by atoms with Gasteiger partial charge in [0.1, 0.15) is 6.61 Å². The molecule has 0 aromatic heterocycles. The molecule has 0 aliphatic carbocycles. The van der Waals surface area contributed by atoms with Crippen LogP contribution in [0.3, 0.4) is 0 Å². The highest BCUT2D eigenvalue weighted by atomic mass is 16.5. The summed E-state index contributed by atoms with van der Waals surface area (Å²) in [5.41, 5.74) is 2.46. The number of hydrogen-bond donors (Lipinski definition) is 0. The molecule has 2 aromatic rings. The fraction of sp³-hybridized carbons (Fsp3) is 0.478. The predicted octanol–water partition coefficient (Wildman–Crippen LogP) is 3.80. The number of piperidine rings is 1. The van der Waals surface area contributed by atoms with Crippen molar-refractivity contribution in [3.8, 4) is 11.5 Å². The number of likely N-dealkylation sites (N-methyl/N-ethyl adjacent to an activating group) is 1. The first-order valence-electron chi connectivity index (χ1n) is 9.97. The summed E-state index contributed by atoms with van der Waals surface area (Å²) in [4.78, 5) is 5.17. The largest absolute Gasteiger partial charge is 0.493 e. The van der Waals surface area contributed by atoms with Gasteiger partial charge in [0.05, 0.1) is 7.11 Å². The third-order valence-corrected chi connectivity index (χ3v) is 5.93. The normalized spacial score (nSPS) is 23.2. The summed E-state index contributed by atoms with van der Waals surface area (Å²) in [5, 5.41) is 0. The Bertz CT molecular complexity index is 749. The van der Waals surface area contributed by atoms with Crippen molar-refractivity contribution in [2.24, 2.45) is 5.92 Å². The molecule has 2 atom stereocenters. The van der Waals surface area contributed by atoms with Crippen LogP contribution in [0.15, 0.2) is 48.5 Å². The zero-order valence-electron chi connectivity index (χ0n) is 16.4. The number of benzene rings is 2. The third-order valence-electron chi connectivity index (χ3n) is 5.93. The second kappa shape index (κ2) is 8.32. The van der Waals surface area contributed by atoms with Crippen molar-refractivity contribution in [3.05, 3.63) is 59.7 Å². The number of methoxy groups -OCH3 is 1. The van der Waals surface area contributed by atoms with Crippen LogP contribution in [0.25, 0.3) is 0 Å². The lowest BCUT2D eigenvalue weighted by Crippen LogP contribution is -2.40. The average Bonchev–Trinajstić information content (AvgIpc) is 2.97. The molecule has 2 bridgehead atoms. The van der Waals surface area contributed by atoms with E-state index in [1.54, 1.807) is 7.11 Å². The van der Waals surface area contributed by atoms with E-state index in [9.17, 15) is 0 Å². The first kappa shape index (κ1) is 18.3. The monoisotopic (exact) mass is 366 g/mol. The van der Waals surface area contributed by atoms with Gasteiger partial charge in [0.15, 0.2) is 11.5 Å². The molecule has 4 nitrogen and oxygen atoms in total. The smallest absolute Gasteiger partial charge is 0.161 e. The maximum Gasteiger partial charge on any atom is 0.161 e. The second-order valence-electron chi connectivity index (χ2n) is 7.99. The van der Waals surface area contributed by atoms with Crippen molar-refractivity contribution < 1.29 is 9.47 Å². The first-order valence-corrected chi connectivity index (χ1v) is 9.97. The number of nitrogens with zero attached hydrogens (tertiary/aromatic N) is 2. The molecule has 3 aliphatic rings. The van der Waals surface area contributed by atoms with Crippen molar-refractivity contribution in [1.29, 1.82) is 0 Å². The zero-order valence-corrected chi connectivity index (χ0v) is 16.4. The zero-order chi connectivity index (χ0) is 18.6. The Kier molecular flexibility index (Phi) is 5.65. The molecule has 3 aliphatic heterocycles. The summed E-state index contributed by atoms with van der Waals surface area (Å²) < 4.78 is 11.6. The van der Waals surface area contributed by atoms with Crippen LogP contribution in [0, 0.1) is 5.92 Å². The van der Waals surface area contributed by atoms with Crippen LogP contribution in [-0.2, 0) is 13.2 Å². The Morgan fingerprint density at radius 3 is 2.56 bits per heavy atom. The van der Waals surface area contributed by atoms with Gasteiger partial charge in [0.25, 0.3) is 0 Å². The first-order chi connectivity index (χ1) is 13.2. The Balaban J connectivity index is 1.45. The molecular weight excluding hydrogens is 336 g/mol. The average molecular weight is 367 g/mol. The van der Waals surface area contributed by atoms with Gasteiger partial charge in [-0.05, 0) is 49.1 Å². The van der Waals surface area contributed by atoms with Crippen molar-refractivity contribution >= 4 is 0 Å². The third kappa shape index (κ3) is 4.45. The van der Waals surface area contributed by atoms with E-state index in [1.165, 1.54) is 38.0 Å². The Morgan fingerprint density at radius 1 is 0.926 bits per heavy atom. The van der Waals surface area contributed by atoms with E-state index in [0.29, 0.717) is 12.6 Å². The molecule has 27 heavy (non-hydrogen) atoms. The van der Waals surface area contributed by atoms with E-state index in [-0.39, 0.29) is 0 Å². The summed E-state index contributed by atoms with van der Waals surface area (Å²) in [7, 11) is 3.98. The van der Waals surface area contributed by atoms with E-state index < -0.39 is 0 Å². The molecule has 3 fully saturated rings. The maximum atomic E-state index is 6.09. The molecule has 144 valence electrons. The second-order valence-corrected chi connectivity index (χ2v) is 7.99. The number of hydrogen-bond acceptors (Lipinski definition) is 4. The summed E-state index contributed by atoms with van der Waals surface area (Å²) in [6.07, 6.45) is 2.71. The summed E-state index contributed by atoms with van der Waals surface area (Å²) in [6, 6.07) is 17.3. The standard InChI is InChI=1S/C23H30N2O2/c1-24-13-20-8-10-21(24)16-25(15-20)14-19-9-11-22(26-2)23(12-19)27-17-18-6-4-3-5-7-18/h3-7,9,11-12,20-21H,8,10,13-17H2,1-2H3/t20-,21-/m1/s1. The quantitative estimate of drug-likeness (QED) is 0.776. The lowest BCUT2D eigenvalue weighted by atomic mass is 9.96. The molecule has 0 N–H and O–H groups in total. The molecule has 3 heterocycles. The lowest BCUT2D eigenvalue weighted by Gasteiger charge is -2.32. The van der Waals surface area contributed by atoms with E-state index in [2.05, 4.69) is 41.1 Å². The molecule has 0 saturated carbocycles. The van der Waals surface area contributed by atoms with Crippen LogP contribution in [0.1, 0.15) is 24.0 Å². The van der Waals surface area contributed by atoms with Gasteiger partial charge in [-0.1, -0.05) is 36.4 Å². The highest BCUT2D eigenvalue weighted by Crippen LogP contribution is 2.31. The summed E-state index contributed by atoms with van der Waals surface area (Å²) in [5.74, 6) is 2.43. The maximum absolute atomic E-state index is 6.09. The van der Waals surface area contributed by atoms with Gasteiger partial charge in [-0.3, -0.25) is 4.90 Å². The van der Waals surface area contributed by atoms with Gasteiger partial charge in [-0.15, -0.1) is 0 Å². The number of fused-ring (bicyclic) bond motifs is 4. The molecule has 0 spiro atoms.